The number of carbonyl (C=O) groups is 2. The highest BCUT2D eigenvalue weighted by molar-refractivity contribution is 5.93. The predicted octanol–water partition coefficient (Wildman–Crippen LogP) is 2.49. The van der Waals surface area contributed by atoms with Crippen LogP contribution in [-0.2, 0) is 9.59 Å². The number of carbonyl (C=O) groups excluding carboxylic acids is 1. The molecule has 2 atom stereocenters. The summed E-state index contributed by atoms with van der Waals surface area (Å²) in [7, 11) is 0. The van der Waals surface area contributed by atoms with Crippen molar-refractivity contribution in [1.82, 2.24) is 5.32 Å². The number of aliphatic carboxylic acids is 1. The minimum Gasteiger partial charge on any atom is -0.481 e. The van der Waals surface area contributed by atoms with Crippen LogP contribution in [0.4, 0.5) is 0 Å². The molecule has 0 aromatic carbocycles. The molecule has 0 aromatic heterocycles. The van der Waals surface area contributed by atoms with Gasteiger partial charge in [0.15, 0.2) is 0 Å². The summed E-state index contributed by atoms with van der Waals surface area (Å²) in [6, 6.07) is -0.224. The van der Waals surface area contributed by atoms with Gasteiger partial charge in [-0.3, -0.25) is 9.59 Å². The molecule has 1 fully saturated rings. The first-order valence-corrected chi connectivity index (χ1v) is 6.76. The van der Waals surface area contributed by atoms with Gasteiger partial charge in [0, 0.05) is 11.6 Å². The van der Waals surface area contributed by atoms with Crippen LogP contribution in [0.25, 0.3) is 0 Å². The maximum absolute atomic E-state index is 11.9. The van der Waals surface area contributed by atoms with E-state index in [4.69, 9.17) is 0 Å². The lowest BCUT2D eigenvalue weighted by Crippen LogP contribution is -2.43. The summed E-state index contributed by atoms with van der Waals surface area (Å²) in [6.07, 6.45) is 7.09. The molecule has 0 heterocycles. The number of amides is 1. The maximum atomic E-state index is 11.9. The summed E-state index contributed by atoms with van der Waals surface area (Å²) in [5.41, 5.74) is 0.672. The molecule has 1 amide bonds. The van der Waals surface area contributed by atoms with Crippen LogP contribution in [-0.4, -0.2) is 23.0 Å². The van der Waals surface area contributed by atoms with Crippen LogP contribution in [0, 0.1) is 5.92 Å². The van der Waals surface area contributed by atoms with Gasteiger partial charge in [0.2, 0.25) is 5.91 Å². The van der Waals surface area contributed by atoms with Crippen molar-refractivity contribution in [3.8, 4) is 0 Å². The van der Waals surface area contributed by atoms with Crippen molar-refractivity contribution in [2.45, 2.75) is 58.4 Å². The zero-order valence-corrected chi connectivity index (χ0v) is 11.2. The van der Waals surface area contributed by atoms with E-state index in [-0.39, 0.29) is 11.9 Å². The maximum Gasteiger partial charge on any atom is 0.308 e. The Labute approximate surface area is 108 Å². The topological polar surface area (TPSA) is 66.4 Å². The van der Waals surface area contributed by atoms with Crippen molar-refractivity contribution in [3.05, 3.63) is 11.6 Å². The molecule has 18 heavy (non-hydrogen) atoms. The van der Waals surface area contributed by atoms with Crippen molar-refractivity contribution >= 4 is 11.9 Å². The van der Waals surface area contributed by atoms with Gasteiger partial charge in [0.25, 0.3) is 0 Å². The van der Waals surface area contributed by atoms with Gasteiger partial charge in [-0.1, -0.05) is 32.3 Å². The monoisotopic (exact) mass is 253 g/mol. The number of carboxylic acids is 1. The zero-order valence-electron chi connectivity index (χ0n) is 11.2. The quantitative estimate of drug-likeness (QED) is 0.597. The van der Waals surface area contributed by atoms with E-state index >= 15 is 0 Å². The largest absolute Gasteiger partial charge is 0.481 e. The van der Waals surface area contributed by atoms with Crippen LogP contribution < -0.4 is 5.32 Å². The lowest BCUT2D eigenvalue weighted by Gasteiger charge is -2.23. The first-order valence-electron chi connectivity index (χ1n) is 6.76. The fourth-order valence-electron chi connectivity index (χ4n) is 2.46. The molecule has 0 spiro atoms. The lowest BCUT2D eigenvalue weighted by atomic mass is 9.94. The Morgan fingerprint density at radius 2 is 1.94 bits per heavy atom. The SMILES string of the molecule is CC/C=C(/C)C(=O)N[C@H]1CCCCC[C@H]1C(=O)O. The Kier molecular flexibility index (Phi) is 5.89. The summed E-state index contributed by atoms with van der Waals surface area (Å²) in [5, 5.41) is 12.1. The van der Waals surface area contributed by atoms with Gasteiger partial charge >= 0.3 is 5.97 Å². The Hall–Kier alpha value is -1.32. The highest BCUT2D eigenvalue weighted by Gasteiger charge is 2.30. The van der Waals surface area contributed by atoms with Crippen LogP contribution >= 0.6 is 0 Å². The summed E-state index contributed by atoms with van der Waals surface area (Å²) in [5.74, 6) is -1.36. The molecule has 4 nitrogen and oxygen atoms in total. The Balaban J connectivity index is 2.69. The minimum absolute atomic E-state index is 0.130. The van der Waals surface area contributed by atoms with Crippen LogP contribution in [0.2, 0.25) is 0 Å². The van der Waals surface area contributed by atoms with Gasteiger partial charge in [-0.05, 0) is 26.2 Å². The molecule has 1 rings (SSSR count). The van der Waals surface area contributed by atoms with Crippen LogP contribution in [0.3, 0.4) is 0 Å². The van der Waals surface area contributed by atoms with E-state index in [0.717, 1.165) is 32.1 Å². The van der Waals surface area contributed by atoms with E-state index in [9.17, 15) is 14.7 Å². The number of carboxylic acid groups (broad SMARTS) is 1. The Morgan fingerprint density at radius 1 is 1.28 bits per heavy atom. The van der Waals surface area contributed by atoms with E-state index in [0.29, 0.717) is 12.0 Å². The molecule has 0 aliphatic heterocycles. The molecular formula is C14H23NO3. The van der Waals surface area contributed by atoms with Gasteiger partial charge in [0.05, 0.1) is 5.92 Å². The zero-order chi connectivity index (χ0) is 13.5. The normalized spacial score (nSPS) is 25.3. The second-order valence-electron chi connectivity index (χ2n) is 4.96. The van der Waals surface area contributed by atoms with E-state index in [1.54, 1.807) is 6.92 Å². The third-order valence-corrected chi connectivity index (χ3v) is 3.52. The average Bonchev–Trinajstić information content (AvgIpc) is 2.54. The molecule has 2 N–H and O–H groups in total. The van der Waals surface area contributed by atoms with Gasteiger partial charge in [0.1, 0.15) is 0 Å². The predicted molar refractivity (Wildman–Crippen MR) is 70.2 cm³/mol. The highest BCUT2D eigenvalue weighted by atomic mass is 16.4. The molecule has 0 radical (unpaired) electrons. The molecule has 4 heteroatoms. The highest BCUT2D eigenvalue weighted by Crippen LogP contribution is 2.24. The Morgan fingerprint density at radius 3 is 2.56 bits per heavy atom. The molecule has 0 bridgehead atoms. The number of rotatable bonds is 4. The summed E-state index contributed by atoms with van der Waals surface area (Å²) in [4.78, 5) is 23.1. The van der Waals surface area contributed by atoms with Gasteiger partial charge < -0.3 is 10.4 Å². The third-order valence-electron chi connectivity index (χ3n) is 3.52. The first-order chi connectivity index (χ1) is 8.56. The number of hydrogen-bond donors (Lipinski definition) is 2. The van der Waals surface area contributed by atoms with E-state index in [2.05, 4.69) is 5.32 Å². The van der Waals surface area contributed by atoms with Crippen molar-refractivity contribution in [1.29, 1.82) is 0 Å². The number of nitrogens with one attached hydrogen (secondary N) is 1. The summed E-state index contributed by atoms with van der Waals surface area (Å²) < 4.78 is 0. The Bertz CT molecular complexity index is 336. The number of hydrogen-bond acceptors (Lipinski definition) is 2. The van der Waals surface area contributed by atoms with Gasteiger partial charge in [-0.25, -0.2) is 0 Å². The van der Waals surface area contributed by atoms with E-state index in [1.165, 1.54) is 0 Å². The minimum atomic E-state index is -0.792. The summed E-state index contributed by atoms with van der Waals surface area (Å²) in [6.45, 7) is 3.74. The van der Waals surface area contributed by atoms with Crippen LogP contribution in [0.5, 0.6) is 0 Å². The van der Waals surface area contributed by atoms with Crippen molar-refractivity contribution in [2.24, 2.45) is 5.92 Å². The molecule has 1 saturated carbocycles. The summed E-state index contributed by atoms with van der Waals surface area (Å²) >= 11 is 0. The average molecular weight is 253 g/mol. The molecule has 0 unspecified atom stereocenters. The van der Waals surface area contributed by atoms with Crippen LogP contribution in [0.1, 0.15) is 52.4 Å². The van der Waals surface area contributed by atoms with Gasteiger partial charge in [-0.2, -0.15) is 0 Å². The van der Waals surface area contributed by atoms with E-state index in [1.807, 2.05) is 13.0 Å². The number of allylic oxidation sites excluding steroid dienone is 1. The van der Waals surface area contributed by atoms with Crippen molar-refractivity contribution < 1.29 is 14.7 Å². The molecule has 102 valence electrons. The van der Waals surface area contributed by atoms with Crippen LogP contribution in [0.15, 0.2) is 11.6 Å². The molecular weight excluding hydrogens is 230 g/mol. The first kappa shape index (κ1) is 14.7. The standard InChI is InChI=1S/C14H23NO3/c1-3-7-10(2)13(16)15-12-9-6-4-5-8-11(12)14(17)18/h7,11-12H,3-6,8-9H2,1-2H3,(H,15,16)(H,17,18)/b10-7-/t11-,12+/m1/s1. The fourth-order valence-corrected chi connectivity index (χ4v) is 2.46. The smallest absolute Gasteiger partial charge is 0.308 e. The van der Waals surface area contributed by atoms with E-state index < -0.39 is 11.9 Å². The second-order valence-corrected chi connectivity index (χ2v) is 4.96. The van der Waals surface area contributed by atoms with Crippen molar-refractivity contribution in [3.63, 3.8) is 0 Å². The second kappa shape index (κ2) is 7.19. The lowest BCUT2D eigenvalue weighted by molar-refractivity contribution is -0.143. The molecule has 0 aromatic rings. The molecule has 1 aliphatic carbocycles. The molecule has 0 saturated heterocycles. The molecule has 1 aliphatic rings. The van der Waals surface area contributed by atoms with Crippen molar-refractivity contribution in [2.75, 3.05) is 0 Å². The fraction of sp³-hybridized carbons (Fsp3) is 0.714. The third kappa shape index (κ3) is 4.17. The van der Waals surface area contributed by atoms with Gasteiger partial charge in [-0.15, -0.1) is 0 Å².